The van der Waals surface area contributed by atoms with Gasteiger partial charge >= 0.3 is 0 Å². The van der Waals surface area contributed by atoms with Gasteiger partial charge in [-0.05, 0) is 43.9 Å². The van der Waals surface area contributed by atoms with Gasteiger partial charge in [0, 0.05) is 44.1 Å². The molecule has 3 aromatic rings. The molecule has 3 heterocycles. The van der Waals surface area contributed by atoms with Gasteiger partial charge in [0.1, 0.15) is 17.3 Å². The van der Waals surface area contributed by atoms with Gasteiger partial charge in [-0.2, -0.15) is 0 Å². The van der Waals surface area contributed by atoms with Crippen LogP contribution in [-0.4, -0.2) is 53.3 Å². The molecule has 1 fully saturated rings. The van der Waals surface area contributed by atoms with Crippen molar-refractivity contribution in [3.8, 4) is 11.3 Å². The largest absolute Gasteiger partial charge is 0.405 e. The number of aromatic nitrogens is 2. The fraction of sp³-hybridized carbons (Fsp3) is 0.304. The van der Waals surface area contributed by atoms with Crippen molar-refractivity contribution in [2.24, 2.45) is 10.7 Å². The number of aliphatic imine (C=N–C) groups is 1. The zero-order valence-electron chi connectivity index (χ0n) is 17.6. The van der Waals surface area contributed by atoms with Gasteiger partial charge in [0.2, 0.25) is 0 Å². The van der Waals surface area contributed by atoms with E-state index in [4.69, 9.17) is 10.5 Å². The van der Waals surface area contributed by atoms with Crippen LogP contribution in [0.5, 0.6) is 0 Å². The first kappa shape index (κ1) is 21.1. The lowest BCUT2D eigenvalue weighted by Crippen LogP contribution is -2.41. The van der Waals surface area contributed by atoms with Crippen LogP contribution in [0.4, 0.5) is 14.5 Å². The normalized spacial score (nSPS) is 18.0. The van der Waals surface area contributed by atoms with Crippen molar-refractivity contribution in [1.82, 2.24) is 14.3 Å². The third-order valence-electron chi connectivity index (χ3n) is 5.33. The number of halogens is 2. The minimum Gasteiger partial charge on any atom is -0.405 e. The number of imidazole rings is 1. The summed E-state index contributed by atoms with van der Waals surface area (Å²) in [6.45, 7) is 4.18. The van der Waals surface area contributed by atoms with Gasteiger partial charge in [-0.15, -0.1) is 0 Å². The number of aryl methyl sites for hydroxylation is 1. The van der Waals surface area contributed by atoms with Crippen molar-refractivity contribution in [2.45, 2.75) is 19.4 Å². The molecule has 8 heteroatoms. The Morgan fingerprint density at radius 1 is 1.29 bits per heavy atom. The van der Waals surface area contributed by atoms with Crippen LogP contribution < -0.4 is 5.73 Å². The quantitative estimate of drug-likeness (QED) is 0.634. The zero-order valence-corrected chi connectivity index (χ0v) is 17.6. The van der Waals surface area contributed by atoms with Crippen LogP contribution in [0, 0.1) is 18.6 Å². The van der Waals surface area contributed by atoms with E-state index in [2.05, 4.69) is 14.9 Å². The van der Waals surface area contributed by atoms with Crippen molar-refractivity contribution < 1.29 is 13.5 Å². The summed E-state index contributed by atoms with van der Waals surface area (Å²) in [4.78, 5) is 10.8. The lowest BCUT2D eigenvalue weighted by atomic mass is 10.0. The topological polar surface area (TPSA) is 68.2 Å². The Morgan fingerprint density at radius 3 is 2.77 bits per heavy atom. The maximum Gasteiger partial charge on any atom is 0.137 e. The summed E-state index contributed by atoms with van der Waals surface area (Å²) in [5.41, 5.74) is 7.93. The highest BCUT2D eigenvalue weighted by molar-refractivity contribution is 5.75. The highest BCUT2D eigenvalue weighted by Crippen LogP contribution is 2.33. The molecular weight excluding hydrogens is 400 g/mol. The van der Waals surface area contributed by atoms with E-state index in [1.807, 2.05) is 36.7 Å². The molecule has 0 saturated carbocycles. The number of rotatable bonds is 5. The maximum atomic E-state index is 15.1. The molecule has 0 bridgehead atoms. The number of allylic oxidation sites excluding steroid dienone is 1. The molecule has 0 spiro atoms. The molecule has 2 N–H and O–H groups in total. The lowest BCUT2D eigenvalue weighted by molar-refractivity contribution is -0.0190. The summed E-state index contributed by atoms with van der Waals surface area (Å²) in [6, 6.07) is 6.24. The molecule has 1 aromatic carbocycles. The Hall–Kier alpha value is -3.10. The predicted octanol–water partition coefficient (Wildman–Crippen LogP) is 3.64. The van der Waals surface area contributed by atoms with Gasteiger partial charge in [-0.3, -0.25) is 4.99 Å². The fourth-order valence-electron chi connectivity index (χ4n) is 3.84. The van der Waals surface area contributed by atoms with Crippen LogP contribution in [0.15, 0.2) is 47.7 Å². The van der Waals surface area contributed by atoms with Crippen molar-refractivity contribution in [3.05, 3.63) is 65.6 Å². The lowest BCUT2D eigenvalue weighted by Gasteiger charge is -2.30. The molecule has 0 aliphatic carbocycles. The average molecular weight is 425 g/mol. The average Bonchev–Trinajstić information content (AvgIpc) is 3.04. The standard InChI is InChI=1S/C23H25F2N5O/c1-15-4-7-30-20(13-17-14-29(2)8-9-31-17)23(28-21(30)10-15)22-18(24)11-16(12-19(22)25)27-6-3-5-26/h3-7,10-12,17H,8-9,13-14,26H2,1-2H3. The van der Waals surface area contributed by atoms with Crippen LogP contribution in [0.1, 0.15) is 11.3 Å². The SMILES string of the molecule is Cc1ccn2c(CC3CN(C)CCO3)c(-c3c(F)cc(N=CC=CN)cc3F)nc2c1. The second kappa shape index (κ2) is 8.95. The molecule has 162 valence electrons. The summed E-state index contributed by atoms with van der Waals surface area (Å²) >= 11 is 0. The van der Waals surface area contributed by atoms with E-state index in [1.54, 1.807) is 0 Å². The molecule has 1 atom stereocenters. The summed E-state index contributed by atoms with van der Waals surface area (Å²) in [5, 5.41) is 0. The van der Waals surface area contributed by atoms with E-state index in [0.717, 1.165) is 24.3 Å². The third kappa shape index (κ3) is 4.50. The minimum absolute atomic E-state index is 0.0863. The first-order valence-electron chi connectivity index (χ1n) is 10.1. The number of pyridine rings is 1. The Morgan fingerprint density at radius 2 is 2.06 bits per heavy atom. The Balaban J connectivity index is 1.81. The number of ether oxygens (including phenoxy) is 1. The molecule has 0 amide bonds. The first-order valence-corrected chi connectivity index (χ1v) is 10.1. The van der Waals surface area contributed by atoms with Gasteiger partial charge in [0.25, 0.3) is 0 Å². The predicted molar refractivity (Wildman–Crippen MR) is 118 cm³/mol. The van der Waals surface area contributed by atoms with E-state index in [9.17, 15) is 0 Å². The highest BCUT2D eigenvalue weighted by atomic mass is 19.1. The van der Waals surface area contributed by atoms with E-state index in [0.29, 0.717) is 18.7 Å². The van der Waals surface area contributed by atoms with Crippen LogP contribution in [-0.2, 0) is 11.2 Å². The fourth-order valence-corrected chi connectivity index (χ4v) is 3.84. The number of morpholine rings is 1. The van der Waals surface area contributed by atoms with Gasteiger partial charge in [-0.1, -0.05) is 0 Å². The van der Waals surface area contributed by atoms with Crippen LogP contribution in [0.2, 0.25) is 0 Å². The molecular formula is C23H25F2N5O. The van der Waals surface area contributed by atoms with Gasteiger partial charge < -0.3 is 19.8 Å². The highest BCUT2D eigenvalue weighted by Gasteiger charge is 2.26. The van der Waals surface area contributed by atoms with E-state index in [1.165, 1.54) is 30.6 Å². The smallest absolute Gasteiger partial charge is 0.137 e. The monoisotopic (exact) mass is 425 g/mol. The van der Waals surface area contributed by atoms with Crippen LogP contribution in [0.25, 0.3) is 16.9 Å². The summed E-state index contributed by atoms with van der Waals surface area (Å²) in [7, 11) is 2.03. The Kier molecular flexibility index (Phi) is 6.11. The molecule has 1 saturated heterocycles. The first-order chi connectivity index (χ1) is 15.0. The van der Waals surface area contributed by atoms with Crippen molar-refractivity contribution in [1.29, 1.82) is 0 Å². The number of hydrogen-bond acceptors (Lipinski definition) is 5. The van der Waals surface area contributed by atoms with Gasteiger partial charge in [0.15, 0.2) is 0 Å². The maximum absolute atomic E-state index is 15.1. The summed E-state index contributed by atoms with van der Waals surface area (Å²) < 4.78 is 38.0. The molecule has 2 aromatic heterocycles. The molecule has 1 aliphatic rings. The number of nitrogens with two attached hydrogens (primary N) is 1. The van der Waals surface area contributed by atoms with Gasteiger partial charge in [-0.25, -0.2) is 13.8 Å². The molecule has 1 unspecified atom stereocenters. The second-order valence-corrected chi connectivity index (χ2v) is 7.75. The van der Waals surface area contributed by atoms with E-state index < -0.39 is 11.6 Å². The number of likely N-dealkylation sites (N-methyl/N-ethyl adjacent to an activating group) is 1. The zero-order chi connectivity index (χ0) is 22.0. The molecule has 1 aliphatic heterocycles. The van der Waals surface area contributed by atoms with Crippen LogP contribution >= 0.6 is 0 Å². The van der Waals surface area contributed by atoms with E-state index >= 15 is 8.78 Å². The van der Waals surface area contributed by atoms with Crippen molar-refractivity contribution in [3.63, 3.8) is 0 Å². The molecule has 31 heavy (non-hydrogen) atoms. The van der Waals surface area contributed by atoms with Crippen LogP contribution in [0.3, 0.4) is 0 Å². The Labute approximate surface area is 179 Å². The molecule has 4 rings (SSSR count). The summed E-state index contributed by atoms with van der Waals surface area (Å²) in [5.74, 6) is -1.43. The Bertz CT molecular complexity index is 1130. The second-order valence-electron chi connectivity index (χ2n) is 7.75. The van der Waals surface area contributed by atoms with E-state index in [-0.39, 0.29) is 23.0 Å². The third-order valence-corrected chi connectivity index (χ3v) is 5.33. The number of benzene rings is 1. The minimum atomic E-state index is -0.716. The molecule has 0 radical (unpaired) electrons. The number of fused-ring (bicyclic) bond motifs is 1. The molecule has 6 nitrogen and oxygen atoms in total. The van der Waals surface area contributed by atoms with Crippen molar-refractivity contribution in [2.75, 3.05) is 26.7 Å². The summed E-state index contributed by atoms with van der Waals surface area (Å²) in [6.07, 6.45) is 6.44. The number of nitrogens with zero attached hydrogens (tertiary/aromatic N) is 4. The van der Waals surface area contributed by atoms with Crippen molar-refractivity contribution >= 4 is 17.5 Å². The number of hydrogen-bond donors (Lipinski definition) is 1. The van der Waals surface area contributed by atoms with Gasteiger partial charge in [0.05, 0.1) is 35.3 Å².